The molecule has 0 aromatic heterocycles. The lowest BCUT2D eigenvalue weighted by molar-refractivity contribution is -0.136. The topological polar surface area (TPSA) is 132 Å². The largest absolute Gasteiger partial charge is 0.383 e. The summed E-state index contributed by atoms with van der Waals surface area (Å²) in [4.78, 5) is 50.0. The maximum absolute atomic E-state index is 12.8. The first-order valence-corrected chi connectivity index (χ1v) is 14.0. The van der Waals surface area contributed by atoms with E-state index in [0.29, 0.717) is 58.5 Å². The van der Waals surface area contributed by atoms with Crippen LogP contribution in [-0.4, -0.2) is 87.4 Å². The van der Waals surface area contributed by atoms with Gasteiger partial charge in [0, 0.05) is 39.9 Å². The Bertz CT molecular complexity index is 903. The van der Waals surface area contributed by atoms with Crippen LogP contribution < -0.4 is 10.6 Å². The monoisotopic (exact) mass is 607 g/mol. The van der Waals surface area contributed by atoms with E-state index in [1.54, 1.807) is 18.2 Å². The average molecular weight is 607 g/mol. The Balaban J connectivity index is 1.34. The summed E-state index contributed by atoms with van der Waals surface area (Å²) < 4.78 is 21.3. The molecule has 1 fully saturated rings. The quantitative estimate of drug-likeness (QED) is 0.131. The second-order valence-electron chi connectivity index (χ2n) is 7.36. The van der Waals surface area contributed by atoms with Gasteiger partial charge in [-0.3, -0.25) is 29.4 Å². The van der Waals surface area contributed by atoms with Gasteiger partial charge in [-0.15, -0.1) is 0 Å². The maximum atomic E-state index is 12.8. The number of hydrogen-bond acceptors (Lipinski definition) is 10. The Morgan fingerprint density at radius 1 is 0.941 bits per heavy atom. The van der Waals surface area contributed by atoms with Crippen molar-refractivity contribution in [3.05, 3.63) is 29.3 Å². The molecular formula is C21H26IN3O8S. The molecule has 2 aliphatic rings. The second kappa shape index (κ2) is 13.9. The van der Waals surface area contributed by atoms with Crippen molar-refractivity contribution in [1.82, 2.24) is 10.2 Å². The number of imide groups is 2. The molecule has 0 aliphatic carbocycles. The zero-order valence-corrected chi connectivity index (χ0v) is 21.4. The number of nitrogens with one attached hydrogen (secondary N) is 2. The Labute approximate surface area is 213 Å². The van der Waals surface area contributed by atoms with Crippen LogP contribution in [0.25, 0.3) is 0 Å². The minimum Gasteiger partial charge on any atom is -0.383 e. The van der Waals surface area contributed by atoms with E-state index in [9.17, 15) is 19.2 Å². The van der Waals surface area contributed by atoms with Gasteiger partial charge in [-0.05, 0) is 24.6 Å². The molecule has 0 bridgehead atoms. The van der Waals surface area contributed by atoms with Gasteiger partial charge in [0.1, 0.15) is 6.04 Å². The number of ether oxygens (including phenoxy) is 3. The summed E-state index contributed by atoms with van der Waals surface area (Å²) in [6, 6.07) is 3.88. The van der Waals surface area contributed by atoms with Crippen molar-refractivity contribution >= 4 is 59.7 Å². The number of amides is 4. The number of piperidine rings is 1. The van der Waals surface area contributed by atoms with Crippen molar-refractivity contribution in [2.45, 2.75) is 18.9 Å². The van der Waals surface area contributed by atoms with Crippen LogP contribution in [0.3, 0.4) is 0 Å². The van der Waals surface area contributed by atoms with Crippen LogP contribution in [0.4, 0.5) is 5.69 Å². The highest BCUT2D eigenvalue weighted by Crippen LogP contribution is 2.29. The van der Waals surface area contributed by atoms with Gasteiger partial charge < -0.3 is 23.7 Å². The Hall–Kier alpha value is -1.78. The molecule has 0 radical (unpaired) electrons. The standard InChI is InChI=1S/C21H26IN3O8S/c22-34-33-12-11-32-10-9-31-8-7-30-6-5-23-14-1-2-15-16(13-14)21(29)25(20(15)28)17-3-4-18(26)24-19(17)27/h1-2,13,17,23H,3-12H2,(H,24,26,27). The number of fused-ring (bicyclic) bond motifs is 1. The third-order valence-corrected chi connectivity index (χ3v) is 6.13. The SMILES string of the molecule is O=C1CCC(N2C(=O)c3ccc(NCCOCCOCCOCCOSI)cc3C2=O)C(=O)N1. The lowest BCUT2D eigenvalue weighted by Gasteiger charge is -2.27. The molecule has 2 aliphatic heterocycles. The zero-order chi connectivity index (χ0) is 24.3. The van der Waals surface area contributed by atoms with Gasteiger partial charge in [0.15, 0.2) is 0 Å². The molecule has 2 heterocycles. The summed E-state index contributed by atoms with van der Waals surface area (Å²) in [5.74, 6) is -2.09. The summed E-state index contributed by atoms with van der Waals surface area (Å²) in [6.07, 6.45) is 0.214. The van der Waals surface area contributed by atoms with Crippen LogP contribution in [0.5, 0.6) is 0 Å². The molecule has 1 aromatic carbocycles. The third-order valence-electron chi connectivity index (χ3n) is 5.11. The van der Waals surface area contributed by atoms with Crippen molar-refractivity contribution in [2.75, 3.05) is 58.1 Å². The number of nitrogens with zero attached hydrogens (tertiary/aromatic N) is 1. The van der Waals surface area contributed by atoms with Crippen molar-refractivity contribution in [1.29, 1.82) is 0 Å². The third kappa shape index (κ3) is 7.36. The number of hydrogen-bond donors (Lipinski definition) is 2. The second-order valence-corrected chi connectivity index (χ2v) is 8.80. The van der Waals surface area contributed by atoms with Crippen molar-refractivity contribution in [2.24, 2.45) is 0 Å². The number of anilines is 1. The van der Waals surface area contributed by atoms with E-state index in [4.69, 9.17) is 18.4 Å². The van der Waals surface area contributed by atoms with Gasteiger partial charge >= 0.3 is 0 Å². The fourth-order valence-electron chi connectivity index (χ4n) is 3.51. The fraction of sp³-hybridized carbons (Fsp3) is 0.524. The Kier molecular flexibility index (Phi) is 11.0. The molecule has 34 heavy (non-hydrogen) atoms. The van der Waals surface area contributed by atoms with E-state index in [0.717, 1.165) is 4.90 Å². The highest BCUT2D eigenvalue weighted by Gasteiger charge is 2.44. The predicted octanol–water partition coefficient (Wildman–Crippen LogP) is 1.56. The molecular weight excluding hydrogens is 581 g/mol. The van der Waals surface area contributed by atoms with Crippen molar-refractivity contribution in [3.63, 3.8) is 0 Å². The first-order chi connectivity index (χ1) is 16.5. The Morgan fingerprint density at radius 2 is 1.59 bits per heavy atom. The molecule has 13 heteroatoms. The number of rotatable bonds is 15. The minimum absolute atomic E-state index is 0.0863. The molecule has 0 spiro atoms. The lowest BCUT2D eigenvalue weighted by atomic mass is 10.0. The highest BCUT2D eigenvalue weighted by molar-refractivity contribution is 14.2. The molecule has 2 N–H and O–H groups in total. The molecule has 3 rings (SSSR count). The normalized spacial score (nSPS) is 17.8. The number of carbonyl (C=O) groups excluding carboxylic acids is 4. The fourth-order valence-corrected chi connectivity index (χ4v) is 4.19. The van der Waals surface area contributed by atoms with Crippen LogP contribution in [0.2, 0.25) is 0 Å². The van der Waals surface area contributed by atoms with Gasteiger partial charge in [-0.25, -0.2) is 0 Å². The number of halogens is 1. The summed E-state index contributed by atoms with van der Waals surface area (Å²) in [5, 5.41) is 5.33. The summed E-state index contributed by atoms with van der Waals surface area (Å²) in [5.41, 5.74) is 1.14. The van der Waals surface area contributed by atoms with E-state index in [-0.39, 0.29) is 24.0 Å². The van der Waals surface area contributed by atoms with Gasteiger partial charge in [0.05, 0.1) is 66.6 Å². The van der Waals surface area contributed by atoms with Crippen LogP contribution in [0.1, 0.15) is 33.6 Å². The van der Waals surface area contributed by atoms with Crippen LogP contribution in [0, 0.1) is 0 Å². The predicted molar refractivity (Wildman–Crippen MR) is 132 cm³/mol. The van der Waals surface area contributed by atoms with Crippen molar-refractivity contribution < 1.29 is 37.6 Å². The van der Waals surface area contributed by atoms with E-state index in [2.05, 4.69) is 10.6 Å². The first kappa shape index (κ1) is 26.8. The van der Waals surface area contributed by atoms with Gasteiger partial charge in [-0.2, -0.15) is 0 Å². The number of carbonyl (C=O) groups is 4. The summed E-state index contributed by atoms with van der Waals surface area (Å²) in [6.45, 7) is 3.86. The molecule has 186 valence electrons. The maximum Gasteiger partial charge on any atom is 0.262 e. The minimum atomic E-state index is -0.974. The zero-order valence-electron chi connectivity index (χ0n) is 18.4. The van der Waals surface area contributed by atoms with Gasteiger partial charge in [-0.1, -0.05) is 0 Å². The van der Waals surface area contributed by atoms with Crippen LogP contribution in [0.15, 0.2) is 18.2 Å². The molecule has 0 saturated carbocycles. The number of benzene rings is 1. The van der Waals surface area contributed by atoms with Crippen molar-refractivity contribution in [3.8, 4) is 0 Å². The molecule has 1 aromatic rings. The smallest absolute Gasteiger partial charge is 0.262 e. The van der Waals surface area contributed by atoms with Gasteiger partial charge in [0.2, 0.25) is 11.8 Å². The van der Waals surface area contributed by atoms with Crippen LogP contribution >= 0.6 is 30.4 Å². The first-order valence-electron chi connectivity index (χ1n) is 10.8. The summed E-state index contributed by atoms with van der Waals surface area (Å²) in [7, 11) is 1.28. The summed E-state index contributed by atoms with van der Waals surface area (Å²) >= 11 is 2.05. The van der Waals surface area contributed by atoms with Gasteiger partial charge in [0.25, 0.3) is 11.8 Å². The molecule has 4 amide bonds. The average Bonchev–Trinajstić information content (AvgIpc) is 3.06. The Morgan fingerprint density at radius 3 is 2.26 bits per heavy atom. The van der Waals surface area contributed by atoms with E-state index >= 15 is 0 Å². The molecule has 1 saturated heterocycles. The highest BCUT2D eigenvalue weighted by atomic mass is 127. The lowest BCUT2D eigenvalue weighted by Crippen LogP contribution is -2.54. The molecule has 1 unspecified atom stereocenters. The van der Waals surface area contributed by atoms with E-state index in [1.165, 1.54) is 9.21 Å². The van der Waals surface area contributed by atoms with Crippen LogP contribution in [-0.2, 0) is 28.0 Å². The van der Waals surface area contributed by atoms with E-state index < -0.39 is 29.7 Å². The molecule has 1 atom stereocenters. The van der Waals surface area contributed by atoms with E-state index in [1.807, 2.05) is 21.2 Å². The molecule has 11 nitrogen and oxygen atoms in total.